The molecule has 0 aromatic carbocycles. The van der Waals surface area contributed by atoms with Crippen LogP contribution in [0.1, 0.15) is 45.4 Å². The lowest BCUT2D eigenvalue weighted by molar-refractivity contribution is -0.118. The molecule has 4 nitrogen and oxygen atoms in total. The fraction of sp³-hybridized carbons (Fsp3) is 0.933. The molecule has 0 aromatic heterocycles. The minimum atomic E-state index is 0.0869. The number of likely N-dealkylation sites (tertiary alicyclic amines) is 2. The van der Waals surface area contributed by atoms with Gasteiger partial charge in [0.2, 0.25) is 5.91 Å². The van der Waals surface area contributed by atoms with Crippen LogP contribution in [0.5, 0.6) is 0 Å². The predicted octanol–water partition coefficient (Wildman–Crippen LogP) is 1.46. The van der Waals surface area contributed by atoms with Crippen molar-refractivity contribution >= 4 is 5.91 Å². The molecule has 110 valence electrons. The Balaban J connectivity index is 1.58. The third-order valence-corrected chi connectivity index (χ3v) is 4.49. The smallest absolute Gasteiger partial charge is 0.216 e. The Labute approximate surface area is 117 Å². The number of rotatable bonds is 5. The van der Waals surface area contributed by atoms with Crippen LogP contribution in [0.4, 0.5) is 0 Å². The fourth-order valence-corrected chi connectivity index (χ4v) is 3.36. The molecule has 1 N–H and O–H groups in total. The lowest BCUT2D eigenvalue weighted by atomic mass is 10.00. The molecule has 4 heteroatoms. The molecule has 2 fully saturated rings. The van der Waals surface area contributed by atoms with Crippen LogP contribution in [0.25, 0.3) is 0 Å². The molecule has 0 spiro atoms. The molecule has 0 atom stereocenters. The zero-order valence-electron chi connectivity index (χ0n) is 12.4. The number of nitrogens with zero attached hydrogens (tertiary/aromatic N) is 2. The van der Waals surface area contributed by atoms with Crippen molar-refractivity contribution in [3.8, 4) is 0 Å². The van der Waals surface area contributed by atoms with Gasteiger partial charge in [0.25, 0.3) is 0 Å². The quantitative estimate of drug-likeness (QED) is 0.766. The summed E-state index contributed by atoms with van der Waals surface area (Å²) in [7, 11) is 0. The first-order valence-electron chi connectivity index (χ1n) is 7.96. The maximum atomic E-state index is 10.8. The standard InChI is InChI=1S/C15H29N3O/c1-14(19)16-8-5-9-17-12-6-15(7-13-17)18-10-3-2-4-11-18/h15H,2-13H2,1H3,(H,16,19). The number of carbonyl (C=O) groups is 1. The molecular weight excluding hydrogens is 238 g/mol. The van der Waals surface area contributed by atoms with Gasteiger partial charge in [0.05, 0.1) is 0 Å². The van der Waals surface area contributed by atoms with Crippen molar-refractivity contribution in [1.82, 2.24) is 15.1 Å². The average Bonchev–Trinajstić information content (AvgIpc) is 2.45. The number of carbonyl (C=O) groups excluding carboxylic acids is 1. The van der Waals surface area contributed by atoms with Crippen LogP contribution in [-0.2, 0) is 4.79 Å². The summed E-state index contributed by atoms with van der Waals surface area (Å²) in [6, 6.07) is 0.840. The van der Waals surface area contributed by atoms with Gasteiger partial charge in [-0.1, -0.05) is 6.42 Å². The van der Waals surface area contributed by atoms with Gasteiger partial charge in [-0.05, 0) is 64.8 Å². The summed E-state index contributed by atoms with van der Waals surface area (Å²) in [6.07, 6.45) is 7.97. The maximum absolute atomic E-state index is 10.8. The van der Waals surface area contributed by atoms with Gasteiger partial charge in [0.15, 0.2) is 0 Å². The Morgan fingerprint density at radius 2 is 1.79 bits per heavy atom. The first kappa shape index (κ1) is 14.8. The molecule has 0 aliphatic carbocycles. The van der Waals surface area contributed by atoms with E-state index >= 15 is 0 Å². The highest BCUT2D eigenvalue weighted by molar-refractivity contribution is 5.72. The molecule has 0 aromatic rings. The van der Waals surface area contributed by atoms with Gasteiger partial charge >= 0.3 is 0 Å². The van der Waals surface area contributed by atoms with Gasteiger partial charge in [0.1, 0.15) is 0 Å². The number of amides is 1. The van der Waals surface area contributed by atoms with Crippen LogP contribution in [0, 0.1) is 0 Å². The SMILES string of the molecule is CC(=O)NCCCN1CCC(N2CCCCC2)CC1. The zero-order chi connectivity index (χ0) is 13.5. The van der Waals surface area contributed by atoms with Gasteiger partial charge in [-0.25, -0.2) is 0 Å². The molecule has 2 saturated heterocycles. The lowest BCUT2D eigenvalue weighted by Gasteiger charge is -2.40. The van der Waals surface area contributed by atoms with Crippen molar-refractivity contribution in [3.05, 3.63) is 0 Å². The predicted molar refractivity (Wildman–Crippen MR) is 78.2 cm³/mol. The number of piperidine rings is 2. The summed E-state index contributed by atoms with van der Waals surface area (Å²) in [6.45, 7) is 8.67. The van der Waals surface area contributed by atoms with Crippen molar-refractivity contribution in [2.45, 2.75) is 51.5 Å². The van der Waals surface area contributed by atoms with Crippen LogP contribution in [-0.4, -0.2) is 61.0 Å². The molecule has 1 amide bonds. The molecule has 0 saturated carbocycles. The highest BCUT2D eigenvalue weighted by atomic mass is 16.1. The molecule has 0 radical (unpaired) electrons. The largest absolute Gasteiger partial charge is 0.356 e. The summed E-state index contributed by atoms with van der Waals surface area (Å²) < 4.78 is 0. The molecule has 2 rings (SSSR count). The van der Waals surface area contributed by atoms with Crippen LogP contribution >= 0.6 is 0 Å². The Bertz CT molecular complexity index is 269. The molecule has 2 aliphatic rings. The van der Waals surface area contributed by atoms with Crippen LogP contribution in [0.3, 0.4) is 0 Å². The first-order valence-corrected chi connectivity index (χ1v) is 7.96. The van der Waals surface area contributed by atoms with Gasteiger partial charge in [-0.15, -0.1) is 0 Å². The van der Waals surface area contributed by atoms with Crippen LogP contribution in [0.2, 0.25) is 0 Å². The lowest BCUT2D eigenvalue weighted by Crippen LogP contribution is -2.47. The third-order valence-electron chi connectivity index (χ3n) is 4.49. The summed E-state index contributed by atoms with van der Waals surface area (Å²) in [5.41, 5.74) is 0. The molecular formula is C15H29N3O. The van der Waals surface area contributed by atoms with Crippen molar-refractivity contribution in [1.29, 1.82) is 0 Å². The van der Waals surface area contributed by atoms with E-state index in [4.69, 9.17) is 0 Å². The first-order chi connectivity index (χ1) is 9.25. The summed E-state index contributed by atoms with van der Waals surface area (Å²) in [5, 5.41) is 2.87. The monoisotopic (exact) mass is 267 g/mol. The van der Waals surface area contributed by atoms with E-state index in [1.165, 1.54) is 58.3 Å². The van der Waals surface area contributed by atoms with Gasteiger partial charge in [-0.3, -0.25) is 4.79 Å². The second-order valence-corrected chi connectivity index (χ2v) is 6.01. The molecule has 2 heterocycles. The second kappa shape index (κ2) is 7.85. The topological polar surface area (TPSA) is 35.6 Å². The van der Waals surface area contributed by atoms with E-state index in [1.807, 2.05) is 0 Å². The Kier molecular flexibility index (Phi) is 6.11. The van der Waals surface area contributed by atoms with Crippen LogP contribution < -0.4 is 5.32 Å². The van der Waals surface area contributed by atoms with Crippen molar-refractivity contribution in [3.63, 3.8) is 0 Å². The van der Waals surface area contributed by atoms with E-state index in [1.54, 1.807) is 6.92 Å². The van der Waals surface area contributed by atoms with Gasteiger partial charge in [-0.2, -0.15) is 0 Å². The Morgan fingerprint density at radius 3 is 2.42 bits per heavy atom. The zero-order valence-corrected chi connectivity index (χ0v) is 12.4. The van der Waals surface area contributed by atoms with E-state index in [0.29, 0.717) is 0 Å². The highest BCUT2D eigenvalue weighted by Crippen LogP contribution is 2.20. The van der Waals surface area contributed by atoms with E-state index in [0.717, 1.165) is 25.6 Å². The van der Waals surface area contributed by atoms with E-state index in [9.17, 15) is 4.79 Å². The van der Waals surface area contributed by atoms with E-state index < -0.39 is 0 Å². The average molecular weight is 267 g/mol. The normalized spacial score (nSPS) is 23.4. The Morgan fingerprint density at radius 1 is 1.11 bits per heavy atom. The number of hydrogen-bond donors (Lipinski definition) is 1. The third kappa shape index (κ3) is 5.11. The maximum Gasteiger partial charge on any atom is 0.216 e. The molecule has 2 aliphatic heterocycles. The molecule has 0 bridgehead atoms. The number of nitrogens with one attached hydrogen (secondary N) is 1. The van der Waals surface area contributed by atoms with Crippen molar-refractivity contribution in [2.24, 2.45) is 0 Å². The minimum absolute atomic E-state index is 0.0869. The van der Waals surface area contributed by atoms with Crippen LogP contribution in [0.15, 0.2) is 0 Å². The van der Waals surface area contributed by atoms with E-state index in [2.05, 4.69) is 15.1 Å². The fourth-order valence-electron chi connectivity index (χ4n) is 3.36. The Hall–Kier alpha value is -0.610. The molecule has 19 heavy (non-hydrogen) atoms. The summed E-state index contributed by atoms with van der Waals surface area (Å²) >= 11 is 0. The summed E-state index contributed by atoms with van der Waals surface area (Å²) in [5.74, 6) is 0.0869. The summed E-state index contributed by atoms with van der Waals surface area (Å²) in [4.78, 5) is 16.1. The van der Waals surface area contributed by atoms with E-state index in [-0.39, 0.29) is 5.91 Å². The van der Waals surface area contributed by atoms with Crippen molar-refractivity contribution in [2.75, 3.05) is 39.3 Å². The van der Waals surface area contributed by atoms with Gasteiger partial charge < -0.3 is 15.1 Å². The number of hydrogen-bond acceptors (Lipinski definition) is 3. The molecule has 0 unspecified atom stereocenters. The van der Waals surface area contributed by atoms with Crippen molar-refractivity contribution < 1.29 is 4.79 Å². The minimum Gasteiger partial charge on any atom is -0.356 e. The highest BCUT2D eigenvalue weighted by Gasteiger charge is 2.25. The van der Waals surface area contributed by atoms with Gasteiger partial charge in [0, 0.05) is 19.5 Å². The second-order valence-electron chi connectivity index (χ2n) is 6.01.